The highest BCUT2D eigenvalue weighted by Gasteiger charge is 2.21. The fourth-order valence-electron chi connectivity index (χ4n) is 2.44. The summed E-state index contributed by atoms with van der Waals surface area (Å²) in [7, 11) is 0. The molecule has 3 aromatic rings. The molecule has 26 heavy (non-hydrogen) atoms. The summed E-state index contributed by atoms with van der Waals surface area (Å²) in [6.45, 7) is 2.56. The Labute approximate surface area is 157 Å². The van der Waals surface area contributed by atoms with Gasteiger partial charge < -0.3 is 5.32 Å². The summed E-state index contributed by atoms with van der Waals surface area (Å²) in [6.07, 6.45) is 1.74. The van der Waals surface area contributed by atoms with E-state index in [1.807, 2.05) is 31.2 Å². The van der Waals surface area contributed by atoms with Crippen LogP contribution in [0.3, 0.4) is 0 Å². The Bertz CT molecular complexity index is 967. The first-order valence-electron chi connectivity index (χ1n) is 7.77. The van der Waals surface area contributed by atoms with Gasteiger partial charge in [-0.1, -0.05) is 42.0 Å². The number of carbonyl (C=O) groups excluding carboxylic acids is 1. The van der Waals surface area contributed by atoms with Crippen LogP contribution in [0.25, 0.3) is 0 Å². The van der Waals surface area contributed by atoms with Gasteiger partial charge in [-0.3, -0.25) is 19.6 Å². The molecular weight excluding hydrogens is 400 g/mol. The molecule has 1 heterocycles. The summed E-state index contributed by atoms with van der Waals surface area (Å²) in [5, 5.41) is 18.0. The third kappa shape index (κ3) is 3.97. The lowest BCUT2D eigenvalue weighted by Gasteiger charge is -2.04. The summed E-state index contributed by atoms with van der Waals surface area (Å²) in [6, 6.07) is 13.8. The van der Waals surface area contributed by atoms with Crippen LogP contribution in [0.1, 0.15) is 21.5 Å². The van der Waals surface area contributed by atoms with Gasteiger partial charge in [0, 0.05) is 12.3 Å². The molecule has 2 aromatic carbocycles. The van der Waals surface area contributed by atoms with Crippen molar-refractivity contribution in [1.29, 1.82) is 0 Å². The van der Waals surface area contributed by atoms with Crippen LogP contribution < -0.4 is 5.32 Å². The van der Waals surface area contributed by atoms with Gasteiger partial charge in [-0.05, 0) is 34.5 Å². The number of carbonyl (C=O) groups is 1. The highest BCUT2D eigenvalue weighted by atomic mass is 79.9. The quantitative estimate of drug-likeness (QED) is 0.501. The van der Waals surface area contributed by atoms with Gasteiger partial charge in [0.05, 0.1) is 15.9 Å². The number of benzene rings is 2. The second-order valence-electron chi connectivity index (χ2n) is 5.74. The molecule has 0 unspecified atom stereocenters. The molecule has 8 heteroatoms. The van der Waals surface area contributed by atoms with Crippen LogP contribution in [-0.2, 0) is 6.54 Å². The second-order valence-corrected chi connectivity index (χ2v) is 6.59. The lowest BCUT2D eigenvalue weighted by molar-refractivity contribution is -0.385. The van der Waals surface area contributed by atoms with Crippen LogP contribution in [0.4, 0.5) is 11.5 Å². The Kier molecular flexibility index (Phi) is 5.13. The molecule has 1 N–H and O–H groups in total. The average Bonchev–Trinajstić information content (AvgIpc) is 2.96. The van der Waals surface area contributed by atoms with E-state index in [9.17, 15) is 14.9 Å². The molecule has 0 saturated heterocycles. The fourth-order valence-corrected chi connectivity index (χ4v) is 2.86. The van der Waals surface area contributed by atoms with Crippen LogP contribution >= 0.6 is 15.9 Å². The van der Waals surface area contributed by atoms with Gasteiger partial charge in [0.1, 0.15) is 5.56 Å². The van der Waals surface area contributed by atoms with Crippen LogP contribution in [0.2, 0.25) is 0 Å². The number of aryl methyl sites for hydroxylation is 1. The van der Waals surface area contributed by atoms with E-state index in [0.29, 0.717) is 16.8 Å². The number of nitrogens with one attached hydrogen (secondary N) is 1. The van der Waals surface area contributed by atoms with E-state index in [0.717, 1.165) is 5.56 Å². The molecule has 7 nitrogen and oxygen atoms in total. The topological polar surface area (TPSA) is 90.1 Å². The zero-order chi connectivity index (χ0) is 18.7. The molecule has 1 amide bonds. The lowest BCUT2D eigenvalue weighted by atomic mass is 10.1. The minimum atomic E-state index is -0.585. The maximum Gasteiger partial charge on any atom is 0.282 e. The number of para-hydroxylation sites is 1. The minimum absolute atomic E-state index is 0.0162. The van der Waals surface area contributed by atoms with Crippen molar-refractivity contribution in [2.45, 2.75) is 13.5 Å². The van der Waals surface area contributed by atoms with E-state index in [2.05, 4.69) is 26.3 Å². The van der Waals surface area contributed by atoms with E-state index >= 15 is 0 Å². The van der Waals surface area contributed by atoms with Crippen LogP contribution in [0.5, 0.6) is 0 Å². The molecule has 0 spiro atoms. The number of anilines is 1. The number of nitro benzene ring substituents is 1. The van der Waals surface area contributed by atoms with Gasteiger partial charge in [0.25, 0.3) is 11.6 Å². The Hall–Kier alpha value is -3.00. The van der Waals surface area contributed by atoms with Crippen molar-refractivity contribution in [3.8, 4) is 0 Å². The lowest BCUT2D eigenvalue weighted by Crippen LogP contribution is -2.15. The van der Waals surface area contributed by atoms with Crippen molar-refractivity contribution in [3.05, 3.63) is 86.0 Å². The third-order valence-electron chi connectivity index (χ3n) is 3.76. The number of hydrogen-bond donors (Lipinski definition) is 1. The molecule has 0 radical (unpaired) electrons. The number of nitrogens with zero attached hydrogens (tertiary/aromatic N) is 3. The van der Waals surface area contributed by atoms with Crippen molar-refractivity contribution >= 4 is 33.3 Å². The second kappa shape index (κ2) is 7.49. The molecule has 0 fully saturated rings. The van der Waals surface area contributed by atoms with E-state index in [1.54, 1.807) is 16.9 Å². The van der Waals surface area contributed by atoms with Gasteiger partial charge >= 0.3 is 0 Å². The predicted molar refractivity (Wildman–Crippen MR) is 101 cm³/mol. The first-order valence-corrected chi connectivity index (χ1v) is 8.56. The summed E-state index contributed by atoms with van der Waals surface area (Å²) >= 11 is 3.36. The first-order chi connectivity index (χ1) is 12.4. The molecule has 3 rings (SSSR count). The molecule has 0 aliphatic rings. The Balaban J connectivity index is 1.78. The van der Waals surface area contributed by atoms with E-state index in [1.165, 1.54) is 23.8 Å². The van der Waals surface area contributed by atoms with E-state index < -0.39 is 10.8 Å². The summed E-state index contributed by atoms with van der Waals surface area (Å²) < 4.78 is 2.28. The summed E-state index contributed by atoms with van der Waals surface area (Å²) in [4.78, 5) is 22.9. The van der Waals surface area contributed by atoms with Gasteiger partial charge in [-0.25, -0.2) is 0 Å². The molecule has 0 atom stereocenters. The number of amides is 1. The van der Waals surface area contributed by atoms with Crippen molar-refractivity contribution in [2.75, 3.05) is 5.32 Å². The largest absolute Gasteiger partial charge is 0.304 e. The van der Waals surface area contributed by atoms with Crippen LogP contribution in [-0.4, -0.2) is 20.6 Å². The number of nitro groups is 1. The van der Waals surface area contributed by atoms with Crippen molar-refractivity contribution < 1.29 is 9.72 Å². The molecular formula is C18H15BrN4O3. The van der Waals surface area contributed by atoms with Crippen molar-refractivity contribution in [3.63, 3.8) is 0 Å². The monoisotopic (exact) mass is 414 g/mol. The first kappa shape index (κ1) is 17.8. The maximum atomic E-state index is 12.4. The summed E-state index contributed by atoms with van der Waals surface area (Å²) in [5.74, 6) is -0.279. The molecule has 1 aromatic heterocycles. The van der Waals surface area contributed by atoms with Crippen molar-refractivity contribution in [2.24, 2.45) is 0 Å². The molecule has 132 valence electrons. The Morgan fingerprint density at radius 1 is 1.23 bits per heavy atom. The Morgan fingerprint density at radius 3 is 2.62 bits per heavy atom. The van der Waals surface area contributed by atoms with Gasteiger partial charge in [0.15, 0.2) is 5.82 Å². The maximum absolute atomic E-state index is 12.4. The third-order valence-corrected chi connectivity index (χ3v) is 4.34. The number of halogens is 1. The van der Waals surface area contributed by atoms with Gasteiger partial charge in [0.2, 0.25) is 0 Å². The smallest absolute Gasteiger partial charge is 0.282 e. The van der Waals surface area contributed by atoms with E-state index in [-0.39, 0.29) is 11.3 Å². The standard InChI is InChI=1S/C18H15BrN4O3/c1-12-6-8-13(9-7-12)10-22-11-15(19)17(21-22)20-18(24)14-4-2-3-5-16(14)23(25)26/h2-9,11H,10H2,1H3,(H,20,21,24). The zero-order valence-electron chi connectivity index (χ0n) is 13.8. The molecule has 0 aliphatic heterocycles. The predicted octanol–water partition coefficient (Wildman–Crippen LogP) is 4.16. The van der Waals surface area contributed by atoms with Crippen LogP contribution in [0.15, 0.2) is 59.2 Å². The highest BCUT2D eigenvalue weighted by molar-refractivity contribution is 9.10. The summed E-state index contributed by atoms with van der Waals surface area (Å²) in [5.41, 5.74) is 1.98. The van der Waals surface area contributed by atoms with Crippen LogP contribution in [0, 0.1) is 17.0 Å². The molecule has 0 aliphatic carbocycles. The Morgan fingerprint density at radius 2 is 1.92 bits per heavy atom. The SMILES string of the molecule is Cc1ccc(Cn2cc(Br)c(NC(=O)c3ccccc3[N+](=O)[O-])n2)cc1. The van der Waals surface area contributed by atoms with Gasteiger partial charge in [-0.2, -0.15) is 5.10 Å². The molecule has 0 bridgehead atoms. The van der Waals surface area contributed by atoms with E-state index in [4.69, 9.17) is 0 Å². The number of hydrogen-bond acceptors (Lipinski definition) is 4. The van der Waals surface area contributed by atoms with Crippen molar-refractivity contribution in [1.82, 2.24) is 9.78 Å². The highest BCUT2D eigenvalue weighted by Crippen LogP contribution is 2.24. The number of aromatic nitrogens is 2. The fraction of sp³-hybridized carbons (Fsp3) is 0.111. The number of rotatable bonds is 5. The average molecular weight is 415 g/mol. The molecule has 0 saturated carbocycles. The minimum Gasteiger partial charge on any atom is -0.304 e. The van der Waals surface area contributed by atoms with Gasteiger partial charge in [-0.15, -0.1) is 0 Å². The normalized spacial score (nSPS) is 10.5. The zero-order valence-corrected chi connectivity index (χ0v) is 15.4.